The maximum Gasteiger partial charge on any atom is 0.243 e. The largest absolute Gasteiger partial charge is 0.398 e. The van der Waals surface area contributed by atoms with E-state index in [1.807, 2.05) is 6.92 Å². The number of anilines is 1. The molecule has 0 saturated carbocycles. The van der Waals surface area contributed by atoms with Crippen molar-refractivity contribution in [3.05, 3.63) is 53.1 Å². The van der Waals surface area contributed by atoms with Crippen molar-refractivity contribution < 1.29 is 12.8 Å². The molecule has 0 fully saturated rings. The molecule has 1 heterocycles. The number of pyridine rings is 1. The second-order valence-electron chi connectivity index (χ2n) is 4.77. The first-order valence-electron chi connectivity index (χ1n) is 6.26. The molecule has 0 aliphatic heterocycles. The summed E-state index contributed by atoms with van der Waals surface area (Å²) in [5.41, 5.74) is 7.88. The summed E-state index contributed by atoms with van der Waals surface area (Å²) in [6.07, 6.45) is 1.57. The lowest BCUT2D eigenvalue weighted by Gasteiger charge is -2.10. The lowest BCUT2D eigenvalue weighted by Crippen LogP contribution is -2.24. The predicted molar refractivity (Wildman–Crippen MR) is 78.5 cm³/mol. The summed E-state index contributed by atoms with van der Waals surface area (Å²) in [6.45, 7) is 3.47. The molecule has 7 heteroatoms. The van der Waals surface area contributed by atoms with Crippen LogP contribution in [0.4, 0.5) is 10.1 Å². The maximum absolute atomic E-state index is 13.8. The lowest BCUT2D eigenvalue weighted by molar-refractivity contribution is 0.556. The number of aromatic nitrogens is 1. The summed E-state index contributed by atoms with van der Waals surface area (Å²) in [4.78, 5) is 3.61. The highest BCUT2D eigenvalue weighted by atomic mass is 32.2. The van der Waals surface area contributed by atoms with Crippen LogP contribution in [0.15, 0.2) is 35.4 Å². The van der Waals surface area contributed by atoms with Crippen molar-refractivity contribution in [2.75, 3.05) is 5.73 Å². The van der Waals surface area contributed by atoms with Gasteiger partial charge in [0.15, 0.2) is 0 Å². The first-order chi connectivity index (χ1) is 9.79. The van der Waals surface area contributed by atoms with Crippen LogP contribution in [0.1, 0.15) is 16.8 Å². The molecule has 0 amide bonds. The van der Waals surface area contributed by atoms with Crippen LogP contribution < -0.4 is 10.5 Å². The fourth-order valence-electron chi connectivity index (χ4n) is 1.73. The molecule has 0 atom stereocenters. The number of nitrogens with two attached hydrogens (primary N) is 1. The molecule has 3 N–H and O–H groups in total. The van der Waals surface area contributed by atoms with Crippen LogP contribution in [0.2, 0.25) is 0 Å². The van der Waals surface area contributed by atoms with E-state index in [1.165, 1.54) is 0 Å². The Morgan fingerprint density at radius 1 is 1.29 bits per heavy atom. The summed E-state index contributed by atoms with van der Waals surface area (Å²) >= 11 is 0. The minimum atomic E-state index is -3.97. The van der Waals surface area contributed by atoms with Gasteiger partial charge in [-0.15, -0.1) is 0 Å². The van der Waals surface area contributed by atoms with Crippen LogP contribution >= 0.6 is 0 Å². The van der Waals surface area contributed by atoms with E-state index in [0.717, 1.165) is 17.8 Å². The molecule has 0 radical (unpaired) electrons. The zero-order valence-electron chi connectivity index (χ0n) is 11.7. The van der Waals surface area contributed by atoms with Crippen LogP contribution in [0.5, 0.6) is 0 Å². The monoisotopic (exact) mass is 309 g/mol. The van der Waals surface area contributed by atoms with Gasteiger partial charge >= 0.3 is 0 Å². The van der Waals surface area contributed by atoms with Crippen molar-refractivity contribution >= 4 is 15.7 Å². The maximum atomic E-state index is 13.8. The molecule has 1 aromatic carbocycles. The highest BCUT2D eigenvalue weighted by Gasteiger charge is 2.20. The normalized spacial score (nSPS) is 11.6. The first kappa shape index (κ1) is 15.4. The Hall–Kier alpha value is -1.99. The fraction of sp³-hybridized carbons (Fsp3) is 0.214. The average Bonchev–Trinajstić information content (AvgIpc) is 2.42. The summed E-state index contributed by atoms with van der Waals surface area (Å²) in [7, 11) is -3.97. The lowest BCUT2D eigenvalue weighted by atomic mass is 10.2. The smallest absolute Gasteiger partial charge is 0.243 e. The molecule has 21 heavy (non-hydrogen) atoms. The van der Waals surface area contributed by atoms with Crippen LogP contribution in [-0.4, -0.2) is 13.4 Å². The SMILES string of the molecule is Cc1ccc(CNS(=O)(=O)c2cc(N)c(C)cc2F)cn1. The van der Waals surface area contributed by atoms with Crippen molar-refractivity contribution in [2.24, 2.45) is 0 Å². The summed E-state index contributed by atoms with van der Waals surface area (Å²) in [5.74, 6) is -0.823. The summed E-state index contributed by atoms with van der Waals surface area (Å²) in [6, 6.07) is 5.76. The third kappa shape index (κ3) is 3.56. The molecule has 2 aromatic rings. The predicted octanol–water partition coefficient (Wildman–Crippen LogP) is 1.90. The van der Waals surface area contributed by atoms with E-state index in [-0.39, 0.29) is 12.2 Å². The van der Waals surface area contributed by atoms with Gasteiger partial charge in [0.25, 0.3) is 0 Å². The van der Waals surface area contributed by atoms with Crippen LogP contribution in [0.3, 0.4) is 0 Å². The van der Waals surface area contributed by atoms with Crippen LogP contribution in [0.25, 0.3) is 0 Å². The molecular weight excluding hydrogens is 293 g/mol. The molecule has 1 aromatic heterocycles. The average molecular weight is 309 g/mol. The highest BCUT2D eigenvalue weighted by Crippen LogP contribution is 2.21. The molecule has 0 bridgehead atoms. The Morgan fingerprint density at radius 3 is 2.62 bits per heavy atom. The van der Waals surface area contributed by atoms with Gasteiger partial charge in [0, 0.05) is 24.1 Å². The molecule has 0 aliphatic rings. The number of halogens is 1. The number of hydrogen-bond donors (Lipinski definition) is 2. The van der Waals surface area contributed by atoms with E-state index in [1.54, 1.807) is 25.3 Å². The summed E-state index contributed by atoms with van der Waals surface area (Å²) in [5, 5.41) is 0. The number of nitrogen functional groups attached to an aromatic ring is 1. The van der Waals surface area contributed by atoms with E-state index < -0.39 is 20.7 Å². The van der Waals surface area contributed by atoms with Gasteiger partial charge in [0.2, 0.25) is 10.0 Å². The number of benzene rings is 1. The zero-order chi connectivity index (χ0) is 15.6. The van der Waals surface area contributed by atoms with Crippen molar-refractivity contribution in [3.8, 4) is 0 Å². The molecule has 0 aliphatic carbocycles. The minimum absolute atomic E-state index is 0.0306. The zero-order valence-corrected chi connectivity index (χ0v) is 12.5. The number of sulfonamides is 1. The highest BCUT2D eigenvalue weighted by molar-refractivity contribution is 7.89. The summed E-state index contributed by atoms with van der Waals surface area (Å²) < 4.78 is 40.4. The van der Waals surface area contributed by atoms with Crippen molar-refractivity contribution in [2.45, 2.75) is 25.3 Å². The van der Waals surface area contributed by atoms with Crippen molar-refractivity contribution in [1.82, 2.24) is 9.71 Å². The first-order valence-corrected chi connectivity index (χ1v) is 7.75. The Balaban J connectivity index is 2.22. The van der Waals surface area contributed by atoms with Gasteiger partial charge in [-0.1, -0.05) is 6.07 Å². The van der Waals surface area contributed by atoms with Gasteiger partial charge in [-0.2, -0.15) is 0 Å². The van der Waals surface area contributed by atoms with Gasteiger partial charge < -0.3 is 5.73 Å². The molecule has 0 unspecified atom stereocenters. The Bertz CT molecular complexity index is 759. The van der Waals surface area contributed by atoms with E-state index >= 15 is 0 Å². The number of nitrogens with zero attached hydrogens (tertiary/aromatic N) is 1. The van der Waals surface area contributed by atoms with Gasteiger partial charge in [-0.05, 0) is 43.2 Å². The minimum Gasteiger partial charge on any atom is -0.398 e. The third-order valence-electron chi connectivity index (χ3n) is 3.05. The molecular formula is C14H16FN3O2S. The molecule has 0 spiro atoms. The molecule has 5 nitrogen and oxygen atoms in total. The van der Waals surface area contributed by atoms with E-state index in [9.17, 15) is 12.8 Å². The van der Waals surface area contributed by atoms with E-state index in [4.69, 9.17) is 5.73 Å². The number of rotatable bonds is 4. The Morgan fingerprint density at radius 2 is 2.00 bits per heavy atom. The van der Waals surface area contributed by atoms with Crippen LogP contribution in [0, 0.1) is 19.7 Å². The van der Waals surface area contributed by atoms with Gasteiger partial charge in [0.05, 0.1) is 0 Å². The molecule has 0 saturated heterocycles. The number of aryl methyl sites for hydroxylation is 2. The van der Waals surface area contributed by atoms with Crippen molar-refractivity contribution in [3.63, 3.8) is 0 Å². The second-order valence-corrected chi connectivity index (χ2v) is 6.51. The second kappa shape index (κ2) is 5.79. The molecule has 2 rings (SSSR count). The number of hydrogen-bond acceptors (Lipinski definition) is 4. The van der Waals surface area contributed by atoms with Gasteiger partial charge in [-0.3, -0.25) is 4.98 Å². The third-order valence-corrected chi connectivity index (χ3v) is 4.47. The fourth-order valence-corrected chi connectivity index (χ4v) is 2.84. The van der Waals surface area contributed by atoms with Crippen molar-refractivity contribution in [1.29, 1.82) is 0 Å². The van der Waals surface area contributed by atoms with Gasteiger partial charge in [-0.25, -0.2) is 17.5 Å². The number of nitrogens with one attached hydrogen (secondary N) is 1. The van der Waals surface area contributed by atoms with E-state index in [2.05, 4.69) is 9.71 Å². The quantitative estimate of drug-likeness (QED) is 0.845. The molecule has 112 valence electrons. The van der Waals surface area contributed by atoms with Gasteiger partial charge in [0.1, 0.15) is 10.7 Å². The van der Waals surface area contributed by atoms with E-state index in [0.29, 0.717) is 11.1 Å². The Labute approximate surface area is 123 Å². The topological polar surface area (TPSA) is 85.1 Å². The van der Waals surface area contributed by atoms with Crippen LogP contribution in [-0.2, 0) is 16.6 Å². The Kier molecular flexibility index (Phi) is 4.24. The standard InChI is InChI=1S/C14H16FN3O2S/c1-9-5-12(15)14(6-13(9)16)21(19,20)18-8-11-4-3-10(2)17-7-11/h3-7,18H,8,16H2,1-2H3.